The van der Waals surface area contributed by atoms with Gasteiger partial charge in [0.25, 0.3) is 0 Å². The van der Waals surface area contributed by atoms with Crippen molar-refractivity contribution in [1.82, 2.24) is 9.97 Å². The number of aromatic hydroxyl groups is 2. The van der Waals surface area contributed by atoms with Crippen molar-refractivity contribution in [2.75, 3.05) is 0 Å². The van der Waals surface area contributed by atoms with Crippen molar-refractivity contribution in [3.05, 3.63) is 70.1 Å². The lowest BCUT2D eigenvalue weighted by molar-refractivity contribution is 0.472. The fourth-order valence-electron chi connectivity index (χ4n) is 4.23. The largest absolute Gasteiger partial charge is 0.506 e. The molecule has 2 aliphatic rings. The highest BCUT2D eigenvalue weighted by molar-refractivity contribution is 6.10. The molecule has 0 saturated carbocycles. The number of pyridine rings is 2. The number of benzene rings is 1. The second kappa shape index (κ2) is 6.54. The highest BCUT2D eigenvalue weighted by Crippen LogP contribution is 2.52. The third-order valence-electron chi connectivity index (χ3n) is 5.44. The smallest absolute Gasteiger partial charge is 0.138 e. The third-order valence-corrected chi connectivity index (χ3v) is 5.44. The normalized spacial score (nSPS) is 11.8. The third kappa shape index (κ3) is 2.33. The zero-order valence-electron chi connectivity index (χ0n) is 16.0. The molecule has 0 spiro atoms. The van der Waals surface area contributed by atoms with Gasteiger partial charge in [0.15, 0.2) is 0 Å². The molecular weight excluding hydrogens is 404 g/mol. The van der Waals surface area contributed by atoms with Crippen LogP contribution in [0.4, 0.5) is 0 Å². The van der Waals surface area contributed by atoms with E-state index in [9.17, 15) is 31.3 Å². The second-order valence-corrected chi connectivity index (χ2v) is 7.07. The minimum atomic E-state index is -0.157. The molecule has 2 aliphatic carbocycles. The maximum atomic E-state index is 9.96. The number of fused-ring (bicyclic) bond motifs is 6. The minimum absolute atomic E-state index is 0.115. The van der Waals surface area contributed by atoms with E-state index >= 15 is 0 Å². The molecule has 0 radical (unpaired) electrons. The fraction of sp³-hybridized carbons (Fsp3) is 0. The van der Waals surface area contributed by atoms with E-state index in [-0.39, 0.29) is 22.6 Å². The monoisotopic (exact) mass is 412 g/mol. The second-order valence-electron chi connectivity index (χ2n) is 7.07. The van der Waals surface area contributed by atoms with E-state index < -0.39 is 0 Å². The molecule has 1 aromatic carbocycles. The van der Waals surface area contributed by atoms with Gasteiger partial charge in [-0.15, -0.1) is 0 Å². The maximum Gasteiger partial charge on any atom is 0.138 e. The van der Waals surface area contributed by atoms with Crippen LogP contribution in [0.5, 0.6) is 11.5 Å². The number of hydrogen-bond donors (Lipinski definition) is 2. The van der Waals surface area contributed by atoms with E-state index in [1.807, 2.05) is 24.3 Å². The van der Waals surface area contributed by atoms with Gasteiger partial charge in [-0.1, -0.05) is 0 Å². The van der Waals surface area contributed by atoms with Crippen LogP contribution in [0.1, 0.15) is 22.3 Å². The van der Waals surface area contributed by atoms with Gasteiger partial charge < -0.3 is 10.2 Å². The van der Waals surface area contributed by atoms with Gasteiger partial charge in [-0.25, -0.2) is 0 Å². The Kier molecular flexibility index (Phi) is 3.80. The molecule has 0 saturated heterocycles. The summed E-state index contributed by atoms with van der Waals surface area (Å²) in [6.45, 7) is 0. The predicted molar refractivity (Wildman–Crippen MR) is 111 cm³/mol. The van der Waals surface area contributed by atoms with E-state index in [0.29, 0.717) is 55.9 Å². The number of hydrogen-bond acceptors (Lipinski definition) is 8. The Bertz CT molecular complexity index is 1480. The highest BCUT2D eigenvalue weighted by Gasteiger charge is 2.35. The lowest BCUT2D eigenvalue weighted by Crippen LogP contribution is -1.91. The standard InChI is InChI=1S/C24H8N6O2/c25-5-11(6-26)21-15-3-16-18(4-17(15)23-19(21)1-13(31)9-29-23)24-20(2-14(32)10-30-24)22(16)12(7-27)8-28/h1-4,9-10,31-32H. The Hall–Kier alpha value is -5.44. The van der Waals surface area contributed by atoms with Gasteiger partial charge in [0, 0.05) is 33.4 Å². The molecule has 0 bridgehead atoms. The van der Waals surface area contributed by atoms with Gasteiger partial charge >= 0.3 is 0 Å². The molecule has 8 heteroatoms. The molecule has 0 amide bonds. The summed E-state index contributed by atoms with van der Waals surface area (Å²) in [4.78, 5) is 8.61. The molecule has 8 nitrogen and oxygen atoms in total. The Labute approximate surface area is 181 Å². The van der Waals surface area contributed by atoms with Crippen LogP contribution >= 0.6 is 0 Å². The molecule has 3 aromatic rings. The summed E-state index contributed by atoms with van der Waals surface area (Å²) < 4.78 is 0. The zero-order valence-corrected chi connectivity index (χ0v) is 16.0. The predicted octanol–water partition coefficient (Wildman–Crippen LogP) is 3.55. The SMILES string of the molecule is N#CC(C#N)=C1c2cc3c(cc2-c2ncc(O)cc21)-c1ncc(O)cc1C3=C(C#N)C#N. The Morgan fingerprint density at radius 3 is 1.31 bits per heavy atom. The lowest BCUT2D eigenvalue weighted by atomic mass is 9.93. The highest BCUT2D eigenvalue weighted by atomic mass is 16.3. The number of nitrogens with zero attached hydrogens (tertiary/aromatic N) is 6. The zero-order chi connectivity index (χ0) is 22.6. The van der Waals surface area contributed by atoms with E-state index in [1.165, 1.54) is 24.5 Å². The van der Waals surface area contributed by atoms with Crippen LogP contribution in [0.2, 0.25) is 0 Å². The summed E-state index contributed by atoms with van der Waals surface area (Å²) in [5, 5.41) is 58.1. The molecular formula is C24H8N6O2. The molecule has 2 heterocycles. The first-order valence-electron chi connectivity index (χ1n) is 9.19. The Balaban J connectivity index is 1.95. The summed E-state index contributed by atoms with van der Waals surface area (Å²) in [6, 6.07) is 13.9. The van der Waals surface area contributed by atoms with Crippen LogP contribution in [0.15, 0.2) is 47.8 Å². The maximum absolute atomic E-state index is 9.96. The van der Waals surface area contributed by atoms with Crippen molar-refractivity contribution in [2.45, 2.75) is 0 Å². The summed E-state index contributed by atoms with van der Waals surface area (Å²) in [6.07, 6.45) is 2.55. The summed E-state index contributed by atoms with van der Waals surface area (Å²) >= 11 is 0. The van der Waals surface area contributed by atoms with E-state index in [4.69, 9.17) is 0 Å². The fourth-order valence-corrected chi connectivity index (χ4v) is 4.23. The Morgan fingerprint density at radius 2 is 0.938 bits per heavy atom. The molecule has 0 aliphatic heterocycles. The molecule has 2 aromatic heterocycles. The van der Waals surface area contributed by atoms with Crippen LogP contribution in [-0.4, -0.2) is 20.2 Å². The molecule has 0 atom stereocenters. The first-order chi connectivity index (χ1) is 15.5. The Morgan fingerprint density at radius 1 is 0.562 bits per heavy atom. The summed E-state index contributed by atoms with van der Waals surface area (Å²) in [5.41, 5.74) is 4.42. The van der Waals surface area contributed by atoms with Crippen molar-refractivity contribution in [2.24, 2.45) is 0 Å². The first-order valence-corrected chi connectivity index (χ1v) is 9.19. The van der Waals surface area contributed by atoms with Crippen LogP contribution in [0, 0.1) is 45.3 Å². The van der Waals surface area contributed by atoms with Gasteiger partial charge in [0.05, 0.1) is 23.8 Å². The molecule has 146 valence electrons. The van der Waals surface area contributed by atoms with Gasteiger partial charge in [-0.3, -0.25) is 9.97 Å². The minimum Gasteiger partial charge on any atom is -0.506 e. The van der Waals surface area contributed by atoms with E-state index in [2.05, 4.69) is 9.97 Å². The lowest BCUT2D eigenvalue weighted by Gasteiger charge is -2.08. The number of aromatic nitrogens is 2. The van der Waals surface area contributed by atoms with Crippen molar-refractivity contribution in [1.29, 1.82) is 21.0 Å². The quantitative estimate of drug-likeness (QED) is 0.365. The van der Waals surface area contributed by atoms with Crippen LogP contribution in [-0.2, 0) is 0 Å². The summed E-state index contributed by atoms with van der Waals surface area (Å²) in [7, 11) is 0. The van der Waals surface area contributed by atoms with Gasteiger partial charge in [0.2, 0.25) is 0 Å². The van der Waals surface area contributed by atoms with Crippen LogP contribution < -0.4 is 0 Å². The molecule has 5 rings (SSSR count). The van der Waals surface area contributed by atoms with Gasteiger partial charge in [-0.05, 0) is 35.4 Å². The average molecular weight is 412 g/mol. The number of allylic oxidation sites excluding steroid dienone is 2. The molecule has 0 unspecified atom stereocenters. The first kappa shape index (κ1) is 18.6. The van der Waals surface area contributed by atoms with Gasteiger partial charge in [0.1, 0.15) is 46.9 Å². The number of rotatable bonds is 0. The van der Waals surface area contributed by atoms with Crippen molar-refractivity contribution in [3.8, 4) is 58.3 Å². The van der Waals surface area contributed by atoms with Crippen LogP contribution in [0.3, 0.4) is 0 Å². The van der Waals surface area contributed by atoms with Crippen molar-refractivity contribution in [3.63, 3.8) is 0 Å². The van der Waals surface area contributed by atoms with E-state index in [0.717, 1.165) is 0 Å². The number of nitriles is 4. The molecule has 2 N–H and O–H groups in total. The van der Waals surface area contributed by atoms with Crippen molar-refractivity contribution < 1.29 is 10.2 Å². The average Bonchev–Trinajstić information content (AvgIpc) is 3.26. The summed E-state index contributed by atoms with van der Waals surface area (Å²) in [5.74, 6) is -0.229. The molecule has 0 fully saturated rings. The topological polar surface area (TPSA) is 161 Å². The van der Waals surface area contributed by atoms with E-state index in [1.54, 1.807) is 12.1 Å². The molecule has 32 heavy (non-hydrogen) atoms. The van der Waals surface area contributed by atoms with Crippen LogP contribution in [0.25, 0.3) is 33.7 Å². The van der Waals surface area contributed by atoms with Gasteiger partial charge in [-0.2, -0.15) is 21.0 Å². The van der Waals surface area contributed by atoms with Crippen molar-refractivity contribution >= 4 is 11.1 Å².